The number of anilines is 3. The normalized spacial score (nSPS) is 22.1. The molecule has 0 aliphatic carbocycles. The topological polar surface area (TPSA) is 13.0 Å². The maximum atomic E-state index is 2.64. The number of fused-ring (bicyclic) bond motifs is 6. The van der Waals surface area contributed by atoms with Crippen molar-refractivity contribution in [2.45, 2.75) is 0 Å². The standard InChI is InChI=1S/C24H27N4P/c1-4-10-22(11-5-1)26-19-16-25-17-20-27(23-12-6-2-7-13-23)29(26)28(21-18-25)24-14-8-3-9-15-24/h1-15H,16-21H2. The van der Waals surface area contributed by atoms with Gasteiger partial charge in [-0.3, -0.25) is 4.90 Å². The van der Waals surface area contributed by atoms with Crippen molar-refractivity contribution in [3.63, 3.8) is 0 Å². The third kappa shape index (κ3) is 3.83. The van der Waals surface area contributed by atoms with E-state index in [1.54, 1.807) is 0 Å². The fraction of sp³-hybridized carbons (Fsp3) is 0.250. The number of nitrogens with zero attached hydrogens (tertiary/aromatic N) is 4. The number of para-hydroxylation sites is 3. The van der Waals surface area contributed by atoms with Gasteiger partial charge in [-0.05, 0) is 36.4 Å². The average molecular weight is 402 g/mol. The Kier molecular flexibility index (Phi) is 5.38. The van der Waals surface area contributed by atoms with E-state index in [-0.39, 0.29) is 0 Å². The highest BCUT2D eigenvalue weighted by molar-refractivity contribution is 7.62. The Morgan fingerprint density at radius 3 is 1.03 bits per heavy atom. The smallest absolute Gasteiger partial charge is 0.208 e. The molecule has 4 nitrogen and oxygen atoms in total. The van der Waals surface area contributed by atoms with Gasteiger partial charge in [-0.1, -0.05) is 54.6 Å². The van der Waals surface area contributed by atoms with Crippen molar-refractivity contribution in [1.29, 1.82) is 0 Å². The highest BCUT2D eigenvalue weighted by Gasteiger charge is 2.37. The molecular formula is C24H27N4P. The van der Waals surface area contributed by atoms with Gasteiger partial charge in [0.15, 0.2) is 0 Å². The van der Waals surface area contributed by atoms with Gasteiger partial charge in [-0.15, -0.1) is 0 Å². The molecule has 3 aliphatic rings. The predicted molar refractivity (Wildman–Crippen MR) is 125 cm³/mol. The molecule has 0 saturated carbocycles. The molecule has 6 rings (SSSR count). The van der Waals surface area contributed by atoms with Crippen molar-refractivity contribution in [3.05, 3.63) is 91.0 Å². The van der Waals surface area contributed by atoms with E-state index in [1.807, 2.05) is 0 Å². The molecule has 0 amide bonds. The number of benzene rings is 3. The minimum absolute atomic E-state index is 0.723. The van der Waals surface area contributed by atoms with Gasteiger partial charge >= 0.3 is 0 Å². The molecule has 148 valence electrons. The Morgan fingerprint density at radius 2 is 0.724 bits per heavy atom. The molecule has 0 N–H and O–H groups in total. The van der Waals surface area contributed by atoms with E-state index in [0.29, 0.717) is 0 Å². The van der Waals surface area contributed by atoms with E-state index < -0.39 is 8.37 Å². The Balaban J connectivity index is 1.65. The number of hydrogen-bond donors (Lipinski definition) is 0. The molecule has 3 saturated heterocycles. The van der Waals surface area contributed by atoms with Crippen LogP contribution in [0.1, 0.15) is 0 Å². The van der Waals surface area contributed by atoms with Crippen LogP contribution in [0.15, 0.2) is 91.0 Å². The lowest BCUT2D eigenvalue weighted by atomic mass is 10.3. The van der Waals surface area contributed by atoms with Crippen LogP contribution in [-0.2, 0) is 0 Å². The summed E-state index contributed by atoms with van der Waals surface area (Å²) in [5, 5.41) is 0. The van der Waals surface area contributed by atoms with Crippen LogP contribution in [-0.4, -0.2) is 44.2 Å². The van der Waals surface area contributed by atoms with Crippen molar-refractivity contribution >= 4 is 25.4 Å². The SMILES string of the molecule is c1ccc(N2CCN3CCN(c4ccccc4)P2N(c2ccccc2)CC3)cc1. The lowest BCUT2D eigenvalue weighted by molar-refractivity contribution is 0.291. The van der Waals surface area contributed by atoms with E-state index >= 15 is 0 Å². The predicted octanol–water partition coefficient (Wildman–Crippen LogP) is 5.06. The molecular weight excluding hydrogens is 375 g/mol. The van der Waals surface area contributed by atoms with E-state index in [2.05, 4.69) is 110 Å². The zero-order valence-electron chi connectivity index (χ0n) is 16.6. The van der Waals surface area contributed by atoms with Crippen LogP contribution in [0, 0.1) is 0 Å². The van der Waals surface area contributed by atoms with E-state index in [1.165, 1.54) is 17.1 Å². The summed E-state index contributed by atoms with van der Waals surface area (Å²) in [6.07, 6.45) is 0. The Morgan fingerprint density at radius 1 is 0.414 bits per heavy atom. The van der Waals surface area contributed by atoms with Gasteiger partial charge in [-0.25, -0.2) is 0 Å². The summed E-state index contributed by atoms with van der Waals surface area (Å²) in [7, 11) is -0.723. The average Bonchev–Trinajstić information content (AvgIpc) is 2.75. The van der Waals surface area contributed by atoms with Gasteiger partial charge in [0.1, 0.15) is 0 Å². The molecule has 3 fully saturated rings. The first-order chi connectivity index (χ1) is 14.4. The van der Waals surface area contributed by atoms with Crippen LogP contribution in [0.25, 0.3) is 0 Å². The monoisotopic (exact) mass is 402 g/mol. The Hall–Kier alpha value is -2.55. The maximum absolute atomic E-state index is 2.64. The summed E-state index contributed by atoms with van der Waals surface area (Å²) in [4.78, 5) is 2.62. The first-order valence-corrected chi connectivity index (χ1v) is 11.6. The highest BCUT2D eigenvalue weighted by atomic mass is 31.2. The largest absolute Gasteiger partial charge is 0.315 e. The summed E-state index contributed by atoms with van der Waals surface area (Å²) in [5.41, 5.74) is 3.93. The lowest BCUT2D eigenvalue weighted by Gasteiger charge is -2.52. The molecule has 2 bridgehead atoms. The third-order valence-electron chi connectivity index (χ3n) is 5.69. The van der Waals surface area contributed by atoms with Gasteiger partial charge in [0.25, 0.3) is 0 Å². The molecule has 5 heteroatoms. The van der Waals surface area contributed by atoms with Crippen LogP contribution in [0.3, 0.4) is 0 Å². The molecule has 0 radical (unpaired) electrons. The summed E-state index contributed by atoms with van der Waals surface area (Å²) in [6.45, 7) is 6.50. The molecule has 0 aromatic heterocycles. The van der Waals surface area contributed by atoms with Crippen molar-refractivity contribution in [3.8, 4) is 0 Å². The molecule has 3 aromatic carbocycles. The minimum Gasteiger partial charge on any atom is -0.315 e. The van der Waals surface area contributed by atoms with Gasteiger partial charge in [0, 0.05) is 56.3 Å². The second-order valence-electron chi connectivity index (χ2n) is 7.49. The second-order valence-corrected chi connectivity index (χ2v) is 9.47. The van der Waals surface area contributed by atoms with Crippen molar-refractivity contribution < 1.29 is 0 Å². The first kappa shape index (κ1) is 18.5. The molecule has 0 unspecified atom stereocenters. The molecule has 0 atom stereocenters. The molecule has 3 aliphatic heterocycles. The quantitative estimate of drug-likeness (QED) is 0.568. The summed E-state index contributed by atoms with van der Waals surface area (Å²) in [5.74, 6) is 0. The highest BCUT2D eigenvalue weighted by Crippen LogP contribution is 2.54. The molecule has 3 aromatic rings. The van der Waals surface area contributed by atoms with Crippen molar-refractivity contribution in [2.75, 3.05) is 53.3 Å². The van der Waals surface area contributed by atoms with E-state index in [0.717, 1.165) is 39.3 Å². The second kappa shape index (κ2) is 8.44. The lowest BCUT2D eigenvalue weighted by Crippen LogP contribution is -2.52. The van der Waals surface area contributed by atoms with Crippen LogP contribution < -0.4 is 14.0 Å². The zero-order valence-corrected chi connectivity index (χ0v) is 17.5. The Bertz CT molecular complexity index is 783. The van der Waals surface area contributed by atoms with Gasteiger partial charge < -0.3 is 14.0 Å². The Labute approximate surface area is 174 Å². The summed E-state index contributed by atoms with van der Waals surface area (Å²) < 4.78 is 7.92. The summed E-state index contributed by atoms with van der Waals surface area (Å²) in [6, 6.07) is 32.8. The summed E-state index contributed by atoms with van der Waals surface area (Å²) >= 11 is 0. The maximum Gasteiger partial charge on any atom is 0.208 e. The zero-order chi connectivity index (χ0) is 19.5. The van der Waals surface area contributed by atoms with Crippen LogP contribution in [0.4, 0.5) is 17.1 Å². The fourth-order valence-corrected chi connectivity index (χ4v) is 6.81. The van der Waals surface area contributed by atoms with Crippen LogP contribution in [0.2, 0.25) is 0 Å². The minimum atomic E-state index is -0.723. The number of rotatable bonds is 3. The van der Waals surface area contributed by atoms with E-state index in [9.17, 15) is 0 Å². The molecule has 29 heavy (non-hydrogen) atoms. The molecule has 0 spiro atoms. The van der Waals surface area contributed by atoms with E-state index in [4.69, 9.17) is 0 Å². The number of hydrogen-bond acceptors (Lipinski definition) is 4. The third-order valence-corrected chi connectivity index (χ3v) is 8.28. The van der Waals surface area contributed by atoms with Crippen molar-refractivity contribution in [2.24, 2.45) is 0 Å². The first-order valence-electron chi connectivity index (χ1n) is 10.4. The van der Waals surface area contributed by atoms with Gasteiger partial charge in [-0.2, -0.15) is 0 Å². The van der Waals surface area contributed by atoms with Crippen molar-refractivity contribution in [1.82, 2.24) is 4.90 Å². The molecule has 3 heterocycles. The van der Waals surface area contributed by atoms with Gasteiger partial charge in [0.05, 0.1) is 0 Å². The van der Waals surface area contributed by atoms with Gasteiger partial charge in [0.2, 0.25) is 8.37 Å². The van der Waals surface area contributed by atoms with Crippen LogP contribution in [0.5, 0.6) is 0 Å². The van der Waals surface area contributed by atoms with Crippen LogP contribution >= 0.6 is 8.37 Å². The fourth-order valence-electron chi connectivity index (χ4n) is 4.20.